The van der Waals surface area contributed by atoms with Gasteiger partial charge in [0.25, 0.3) is 0 Å². The zero-order chi connectivity index (χ0) is 9.40. The van der Waals surface area contributed by atoms with E-state index in [1.165, 1.54) is 5.56 Å². The molecule has 0 atom stereocenters. The number of benzene rings is 1. The summed E-state index contributed by atoms with van der Waals surface area (Å²) in [7, 11) is 0. The van der Waals surface area contributed by atoms with Crippen LogP contribution in [-0.2, 0) is 0 Å². The third-order valence-corrected chi connectivity index (χ3v) is 1.04. The Balaban J connectivity index is 0.000000261. The molecule has 1 rings (SSSR count). The molecule has 64 valence electrons. The average molecular weight is 268 g/mol. The van der Waals surface area contributed by atoms with Gasteiger partial charge < -0.3 is 0 Å². The molecule has 1 heteroatoms. The maximum atomic E-state index is 3.63. The van der Waals surface area contributed by atoms with Gasteiger partial charge in [0.15, 0.2) is 0 Å². The van der Waals surface area contributed by atoms with Crippen molar-refractivity contribution in [2.75, 3.05) is 0 Å². The minimum absolute atomic E-state index is 0.543. The molecule has 0 heterocycles. The van der Waals surface area contributed by atoms with Gasteiger partial charge in [-0.25, -0.2) is 0 Å². The fraction of sp³-hybridized carbons (Fsp3) is 0.273. The van der Waals surface area contributed by atoms with E-state index in [1.807, 2.05) is 36.4 Å². The van der Waals surface area contributed by atoms with E-state index in [1.54, 1.807) is 0 Å². The molecule has 0 aliphatic heterocycles. The predicted molar refractivity (Wildman–Crippen MR) is 59.9 cm³/mol. The van der Waals surface area contributed by atoms with Gasteiger partial charge in [0.05, 0.1) is 0 Å². The van der Waals surface area contributed by atoms with Crippen molar-refractivity contribution in [3.63, 3.8) is 0 Å². The molecule has 0 aliphatic carbocycles. The molecule has 0 aromatic heterocycles. The zero-order valence-corrected chi connectivity index (χ0v) is 11.0. The van der Waals surface area contributed by atoms with Gasteiger partial charge in [0.1, 0.15) is 0 Å². The van der Waals surface area contributed by atoms with E-state index in [2.05, 4.69) is 21.4 Å². The molecule has 12 heavy (non-hydrogen) atoms. The Morgan fingerprint density at radius 3 is 1.75 bits per heavy atom. The fourth-order valence-electron chi connectivity index (χ4n) is 0.589. The quantitative estimate of drug-likeness (QED) is 0.681. The molecule has 0 N–H and O–H groups in total. The third-order valence-electron chi connectivity index (χ3n) is 1.04. The molecule has 0 nitrogen and oxygen atoms in total. The van der Waals surface area contributed by atoms with Gasteiger partial charge >= 0.3 is 34.6 Å². The van der Waals surface area contributed by atoms with E-state index in [4.69, 9.17) is 0 Å². The maximum absolute atomic E-state index is 3.63. The van der Waals surface area contributed by atoms with Crippen molar-refractivity contribution in [1.29, 1.82) is 0 Å². The van der Waals surface area contributed by atoms with Crippen molar-refractivity contribution in [3.8, 4) is 0 Å². The second-order valence-electron chi connectivity index (χ2n) is 3.11. The predicted octanol–water partition coefficient (Wildman–Crippen LogP) is 3.70. The molecule has 0 unspecified atom stereocenters. The standard InChI is InChI=1S/C8H8.3CH3.Sn/c1-2-8-6-4-3-5-7-8;;;;/h2-7H,1H2;3*1H3;/q;;;;+1. The van der Waals surface area contributed by atoms with E-state index in [-0.39, 0.29) is 0 Å². The molecule has 0 aliphatic rings. The molecule has 0 fully saturated rings. The monoisotopic (exact) mass is 269 g/mol. The van der Waals surface area contributed by atoms with Crippen molar-refractivity contribution >= 4 is 25.8 Å². The first-order valence-electron chi connectivity index (χ1n) is 4.11. The summed E-state index contributed by atoms with van der Waals surface area (Å²) in [6.07, 6.45) is 1.83. The van der Waals surface area contributed by atoms with Crippen molar-refractivity contribution in [2.24, 2.45) is 0 Å². The summed E-state index contributed by atoms with van der Waals surface area (Å²) >= 11 is -0.543. The van der Waals surface area contributed by atoms with Gasteiger partial charge in [0.2, 0.25) is 0 Å². The van der Waals surface area contributed by atoms with E-state index in [0.717, 1.165) is 0 Å². The number of rotatable bonds is 1. The van der Waals surface area contributed by atoms with Crippen LogP contribution in [0.1, 0.15) is 5.56 Å². The summed E-state index contributed by atoms with van der Waals surface area (Å²) < 4.78 is 0. The van der Waals surface area contributed by atoms with Crippen LogP contribution < -0.4 is 0 Å². The molecule has 0 radical (unpaired) electrons. The van der Waals surface area contributed by atoms with E-state index < -0.39 is 19.8 Å². The van der Waals surface area contributed by atoms with Crippen LogP contribution in [0.3, 0.4) is 0 Å². The molecule has 0 saturated carbocycles. The molecular weight excluding hydrogens is 251 g/mol. The SMILES string of the molecule is C=Cc1ccccc1.[CH3][Sn+]([CH3])[CH3]. The van der Waals surface area contributed by atoms with Gasteiger partial charge in [-0.1, -0.05) is 43.0 Å². The van der Waals surface area contributed by atoms with Crippen molar-refractivity contribution in [1.82, 2.24) is 0 Å². The van der Waals surface area contributed by atoms with Crippen LogP contribution >= 0.6 is 0 Å². The molecule has 0 bridgehead atoms. The topological polar surface area (TPSA) is 0 Å². The second-order valence-corrected chi connectivity index (χ2v) is 11.7. The van der Waals surface area contributed by atoms with Gasteiger partial charge in [-0.2, -0.15) is 0 Å². The van der Waals surface area contributed by atoms with Crippen molar-refractivity contribution in [3.05, 3.63) is 42.5 Å². The fourth-order valence-corrected chi connectivity index (χ4v) is 0.589. The Morgan fingerprint density at radius 1 is 1.08 bits per heavy atom. The minimum atomic E-state index is -0.543. The Hall–Kier alpha value is -0.241. The van der Waals surface area contributed by atoms with Crippen LogP contribution in [0.25, 0.3) is 6.08 Å². The van der Waals surface area contributed by atoms with Crippen LogP contribution in [-0.4, -0.2) is 19.8 Å². The Labute approximate surface area is 83.1 Å². The Bertz CT molecular complexity index is 199. The second kappa shape index (κ2) is 7.41. The molecule has 1 aromatic carbocycles. The van der Waals surface area contributed by atoms with Gasteiger partial charge in [-0.15, -0.1) is 0 Å². The summed E-state index contributed by atoms with van der Waals surface area (Å²) in [4.78, 5) is 7.09. The first-order chi connectivity index (χ1) is 5.66. The van der Waals surface area contributed by atoms with Crippen LogP contribution in [0.15, 0.2) is 36.9 Å². The molecule has 0 amide bonds. The zero-order valence-electron chi connectivity index (χ0n) is 8.17. The molecule has 1 aromatic rings. The van der Waals surface area contributed by atoms with Crippen LogP contribution in [0.5, 0.6) is 0 Å². The summed E-state index contributed by atoms with van der Waals surface area (Å²) in [5, 5.41) is 0. The first kappa shape index (κ1) is 11.8. The normalized spacial score (nSPS) is 7.92. The van der Waals surface area contributed by atoms with E-state index >= 15 is 0 Å². The molecule has 0 saturated heterocycles. The summed E-state index contributed by atoms with van der Waals surface area (Å²) in [6.45, 7) is 3.63. The summed E-state index contributed by atoms with van der Waals surface area (Å²) in [6, 6.07) is 10.0. The number of hydrogen-bond acceptors (Lipinski definition) is 0. The summed E-state index contributed by atoms with van der Waals surface area (Å²) in [5.41, 5.74) is 1.17. The van der Waals surface area contributed by atoms with Crippen LogP contribution in [0.2, 0.25) is 14.8 Å². The van der Waals surface area contributed by atoms with Gasteiger partial charge in [-0.05, 0) is 5.56 Å². The Kier molecular flexibility index (Phi) is 7.26. The average Bonchev–Trinajstić information content (AvgIpc) is 2.05. The number of hydrogen-bond donors (Lipinski definition) is 0. The van der Waals surface area contributed by atoms with E-state index in [0.29, 0.717) is 0 Å². The first-order valence-corrected chi connectivity index (χ1v) is 12.7. The van der Waals surface area contributed by atoms with Gasteiger partial charge in [0, 0.05) is 0 Å². The Morgan fingerprint density at radius 2 is 1.50 bits per heavy atom. The van der Waals surface area contributed by atoms with Gasteiger partial charge in [-0.3, -0.25) is 0 Å². The third kappa shape index (κ3) is 7.86. The summed E-state index contributed by atoms with van der Waals surface area (Å²) in [5.74, 6) is 0. The van der Waals surface area contributed by atoms with Crippen LogP contribution in [0.4, 0.5) is 0 Å². The molecular formula is C11H17Sn+. The van der Waals surface area contributed by atoms with Crippen LogP contribution in [0, 0.1) is 0 Å². The van der Waals surface area contributed by atoms with Crippen molar-refractivity contribution < 1.29 is 0 Å². The molecule has 0 spiro atoms. The van der Waals surface area contributed by atoms with E-state index in [9.17, 15) is 0 Å². The van der Waals surface area contributed by atoms with Crippen molar-refractivity contribution in [2.45, 2.75) is 14.8 Å².